The third-order valence-electron chi connectivity index (χ3n) is 5.15. The van der Waals surface area contributed by atoms with Crippen LogP contribution < -0.4 is 20.1 Å². The second-order valence-corrected chi connectivity index (χ2v) is 8.88. The highest BCUT2D eigenvalue weighted by molar-refractivity contribution is 14.1. The van der Waals surface area contributed by atoms with Crippen molar-refractivity contribution in [1.29, 1.82) is 0 Å². The molecule has 2 aliphatic heterocycles. The quantitative estimate of drug-likeness (QED) is 0.630. The highest BCUT2D eigenvalue weighted by Crippen LogP contribution is 2.42. The fourth-order valence-corrected chi connectivity index (χ4v) is 5.87. The molecule has 0 radical (unpaired) electrons. The first kappa shape index (κ1) is 18.8. The van der Waals surface area contributed by atoms with Crippen LogP contribution in [0.5, 0.6) is 11.5 Å². The van der Waals surface area contributed by atoms with Crippen LogP contribution >= 0.6 is 33.9 Å². The molecule has 2 aromatic rings. The van der Waals surface area contributed by atoms with E-state index in [9.17, 15) is 4.79 Å². The lowest BCUT2D eigenvalue weighted by Crippen LogP contribution is -2.39. The molecule has 8 heteroatoms. The van der Waals surface area contributed by atoms with E-state index in [1.54, 1.807) is 25.6 Å². The maximum Gasteiger partial charge on any atom is 0.256 e. The van der Waals surface area contributed by atoms with Gasteiger partial charge in [-0.1, -0.05) is 6.92 Å². The van der Waals surface area contributed by atoms with Gasteiger partial charge in [-0.3, -0.25) is 9.69 Å². The predicted octanol–water partition coefficient (Wildman–Crippen LogP) is 3.60. The zero-order valence-corrected chi connectivity index (χ0v) is 18.5. The van der Waals surface area contributed by atoms with Crippen LogP contribution in [0.4, 0.5) is 5.00 Å². The van der Waals surface area contributed by atoms with Gasteiger partial charge >= 0.3 is 0 Å². The van der Waals surface area contributed by atoms with Crippen molar-refractivity contribution in [3.05, 3.63) is 37.3 Å². The Hall–Kier alpha value is -1.52. The maximum absolute atomic E-state index is 12.9. The minimum Gasteiger partial charge on any atom is -0.493 e. The second-order valence-electron chi connectivity index (χ2n) is 6.62. The summed E-state index contributed by atoms with van der Waals surface area (Å²) in [5, 5.41) is 7.60. The molecule has 4 rings (SSSR count). The number of anilines is 1. The van der Waals surface area contributed by atoms with Crippen molar-refractivity contribution >= 4 is 44.8 Å². The van der Waals surface area contributed by atoms with Crippen LogP contribution in [-0.4, -0.2) is 38.1 Å². The lowest BCUT2D eigenvalue weighted by atomic mass is 10.0. The Balaban J connectivity index is 1.68. The van der Waals surface area contributed by atoms with Crippen molar-refractivity contribution < 1.29 is 14.3 Å². The number of methoxy groups -OCH3 is 2. The molecular weight excluding hydrogens is 477 g/mol. The molecule has 2 aliphatic rings. The van der Waals surface area contributed by atoms with Gasteiger partial charge in [0.15, 0.2) is 11.5 Å². The second kappa shape index (κ2) is 7.48. The molecule has 0 spiro atoms. The number of rotatable bonds is 4. The third kappa shape index (κ3) is 3.27. The lowest BCUT2D eigenvalue weighted by Gasteiger charge is -2.28. The van der Waals surface area contributed by atoms with Gasteiger partial charge in [0.1, 0.15) is 11.2 Å². The number of benzene rings is 1. The first-order chi connectivity index (χ1) is 13.0. The summed E-state index contributed by atoms with van der Waals surface area (Å²) in [6.07, 6.45) is 0.643. The van der Waals surface area contributed by atoms with E-state index in [1.807, 2.05) is 12.1 Å². The number of thiophene rings is 1. The SMILES string of the molecule is CCN1CCc2c(sc3c2C(=O)N[C@H](c2cc(I)c(OC)c(OC)c2)N3)C1. The van der Waals surface area contributed by atoms with Gasteiger partial charge in [-0.2, -0.15) is 0 Å². The third-order valence-corrected chi connectivity index (χ3v) is 7.10. The van der Waals surface area contributed by atoms with Crippen LogP contribution in [-0.2, 0) is 13.0 Å². The maximum atomic E-state index is 12.9. The Morgan fingerprint density at radius 3 is 2.81 bits per heavy atom. The summed E-state index contributed by atoms with van der Waals surface area (Å²) in [5.74, 6) is 1.36. The zero-order valence-electron chi connectivity index (χ0n) is 15.5. The molecule has 1 atom stereocenters. The molecule has 0 saturated heterocycles. The summed E-state index contributed by atoms with van der Waals surface area (Å²) in [6, 6.07) is 3.92. The molecular formula is C19H22IN3O3S. The fraction of sp³-hybridized carbons (Fsp3) is 0.421. The van der Waals surface area contributed by atoms with Gasteiger partial charge in [0.25, 0.3) is 5.91 Å². The van der Waals surface area contributed by atoms with Gasteiger partial charge < -0.3 is 20.1 Å². The highest BCUT2D eigenvalue weighted by Gasteiger charge is 2.33. The smallest absolute Gasteiger partial charge is 0.256 e. The fourth-order valence-electron chi connectivity index (χ4n) is 3.71. The van der Waals surface area contributed by atoms with Crippen LogP contribution in [0.15, 0.2) is 12.1 Å². The van der Waals surface area contributed by atoms with E-state index in [4.69, 9.17) is 9.47 Å². The van der Waals surface area contributed by atoms with E-state index in [2.05, 4.69) is 45.0 Å². The summed E-state index contributed by atoms with van der Waals surface area (Å²) in [4.78, 5) is 16.6. The van der Waals surface area contributed by atoms with Crippen molar-refractivity contribution in [3.63, 3.8) is 0 Å². The highest BCUT2D eigenvalue weighted by atomic mass is 127. The Bertz CT molecular complexity index is 899. The molecule has 3 heterocycles. The summed E-state index contributed by atoms with van der Waals surface area (Å²) in [7, 11) is 3.25. The number of ether oxygens (including phenoxy) is 2. The first-order valence-electron chi connectivity index (χ1n) is 8.91. The number of carbonyl (C=O) groups is 1. The van der Waals surface area contributed by atoms with Crippen LogP contribution in [0.25, 0.3) is 0 Å². The molecule has 6 nitrogen and oxygen atoms in total. The minimum absolute atomic E-state index is 0.000918. The van der Waals surface area contributed by atoms with E-state index in [0.29, 0.717) is 11.5 Å². The lowest BCUT2D eigenvalue weighted by molar-refractivity contribution is 0.0934. The van der Waals surface area contributed by atoms with E-state index < -0.39 is 0 Å². The largest absolute Gasteiger partial charge is 0.493 e. The van der Waals surface area contributed by atoms with Crippen molar-refractivity contribution in [1.82, 2.24) is 10.2 Å². The van der Waals surface area contributed by atoms with E-state index in [-0.39, 0.29) is 12.1 Å². The predicted molar refractivity (Wildman–Crippen MR) is 115 cm³/mol. The molecule has 1 amide bonds. The number of hydrogen-bond acceptors (Lipinski definition) is 6. The number of hydrogen-bond donors (Lipinski definition) is 2. The van der Waals surface area contributed by atoms with Gasteiger partial charge in [-0.25, -0.2) is 0 Å². The molecule has 0 fully saturated rings. The molecule has 144 valence electrons. The van der Waals surface area contributed by atoms with E-state index in [1.165, 1.54) is 10.4 Å². The monoisotopic (exact) mass is 499 g/mol. The van der Waals surface area contributed by atoms with Gasteiger partial charge in [0.2, 0.25) is 0 Å². The van der Waals surface area contributed by atoms with Crippen LogP contribution in [0.1, 0.15) is 39.5 Å². The number of nitrogens with one attached hydrogen (secondary N) is 2. The van der Waals surface area contributed by atoms with Gasteiger partial charge in [0, 0.05) is 18.0 Å². The molecule has 2 N–H and O–H groups in total. The van der Waals surface area contributed by atoms with Crippen molar-refractivity contribution in [2.24, 2.45) is 0 Å². The van der Waals surface area contributed by atoms with Crippen molar-refractivity contribution in [3.8, 4) is 11.5 Å². The topological polar surface area (TPSA) is 62.8 Å². The van der Waals surface area contributed by atoms with Crippen LogP contribution in [0.2, 0.25) is 0 Å². The Kier molecular flexibility index (Phi) is 5.21. The van der Waals surface area contributed by atoms with Gasteiger partial charge in [-0.15, -0.1) is 11.3 Å². The normalized spacial score (nSPS) is 19.0. The summed E-state index contributed by atoms with van der Waals surface area (Å²) in [5.41, 5.74) is 2.99. The number of fused-ring (bicyclic) bond motifs is 3. The number of halogens is 1. The van der Waals surface area contributed by atoms with Crippen LogP contribution in [0.3, 0.4) is 0 Å². The van der Waals surface area contributed by atoms with Crippen molar-refractivity contribution in [2.45, 2.75) is 26.1 Å². The van der Waals surface area contributed by atoms with Gasteiger partial charge in [-0.05, 0) is 58.8 Å². The summed E-state index contributed by atoms with van der Waals surface area (Å²) < 4.78 is 11.8. The molecule has 0 saturated carbocycles. The molecule has 0 bridgehead atoms. The van der Waals surface area contributed by atoms with E-state index in [0.717, 1.165) is 45.8 Å². The summed E-state index contributed by atoms with van der Waals surface area (Å²) >= 11 is 3.93. The molecule has 0 unspecified atom stereocenters. The standard InChI is InChI=1S/C19H22IN3O3S/c1-4-23-6-5-11-14(9-23)27-19-15(11)18(24)21-17(22-19)10-7-12(20)16(26-3)13(8-10)25-2/h7-8,17,22H,4-6,9H2,1-3H3,(H,21,24)/t17-/m0/s1. The molecule has 1 aromatic carbocycles. The molecule has 27 heavy (non-hydrogen) atoms. The molecule has 1 aromatic heterocycles. The zero-order chi connectivity index (χ0) is 19.1. The summed E-state index contributed by atoms with van der Waals surface area (Å²) in [6.45, 7) is 5.15. The van der Waals surface area contributed by atoms with Crippen molar-refractivity contribution in [2.75, 3.05) is 32.6 Å². The Morgan fingerprint density at radius 2 is 2.11 bits per heavy atom. The van der Waals surface area contributed by atoms with Gasteiger partial charge in [0.05, 0.1) is 23.4 Å². The molecule has 0 aliphatic carbocycles. The number of likely N-dealkylation sites (N-methyl/N-ethyl adjacent to an activating group) is 1. The first-order valence-corrected chi connectivity index (χ1v) is 10.8. The number of nitrogens with zero attached hydrogens (tertiary/aromatic N) is 1. The average Bonchev–Trinajstić information content (AvgIpc) is 3.04. The Labute approximate surface area is 176 Å². The number of amides is 1. The van der Waals surface area contributed by atoms with Crippen LogP contribution in [0, 0.1) is 3.57 Å². The number of carbonyl (C=O) groups excluding carboxylic acids is 1. The minimum atomic E-state index is -0.291. The average molecular weight is 499 g/mol. The van der Waals surface area contributed by atoms with E-state index >= 15 is 0 Å². The Morgan fingerprint density at radius 1 is 1.30 bits per heavy atom.